The normalized spacial score (nSPS) is 15.4. The number of pyridine rings is 1. The van der Waals surface area contributed by atoms with Crippen molar-refractivity contribution < 1.29 is 4.74 Å². The van der Waals surface area contributed by atoms with E-state index in [1.54, 1.807) is 13.3 Å². The Morgan fingerprint density at radius 1 is 0.967 bits per heavy atom. The smallest absolute Gasteiger partial charge is 0.159 e. The topological polar surface area (TPSA) is 52.3 Å². The molecule has 148 valence electrons. The van der Waals surface area contributed by atoms with Crippen LogP contribution in [0.2, 0.25) is 0 Å². The Hall–Kier alpha value is -3.73. The summed E-state index contributed by atoms with van der Waals surface area (Å²) in [6.07, 6.45) is 4.43. The number of rotatable bonds is 4. The van der Waals surface area contributed by atoms with Crippen LogP contribution in [-0.2, 0) is 0 Å². The van der Waals surface area contributed by atoms with E-state index in [2.05, 4.69) is 29.2 Å². The Bertz CT molecular complexity index is 1210. The number of aliphatic imine (C=N–C) groups is 1. The highest BCUT2D eigenvalue weighted by molar-refractivity contribution is 6.06. The first-order chi connectivity index (χ1) is 14.8. The van der Waals surface area contributed by atoms with Crippen LogP contribution in [0.4, 0.5) is 5.82 Å². The van der Waals surface area contributed by atoms with Crippen LogP contribution in [-0.4, -0.2) is 27.6 Å². The maximum absolute atomic E-state index is 5.63. The predicted molar refractivity (Wildman–Crippen MR) is 119 cm³/mol. The van der Waals surface area contributed by atoms with Crippen LogP contribution < -0.4 is 4.74 Å². The van der Waals surface area contributed by atoms with Crippen LogP contribution in [0, 0.1) is 6.92 Å². The molecule has 0 fully saturated rings. The lowest BCUT2D eigenvalue weighted by molar-refractivity contribution is 0.413. The van der Waals surface area contributed by atoms with Gasteiger partial charge in [-0.05, 0) is 36.2 Å². The third kappa shape index (κ3) is 3.08. The van der Waals surface area contributed by atoms with Gasteiger partial charge in [-0.1, -0.05) is 48.5 Å². The summed E-state index contributed by atoms with van der Waals surface area (Å²) in [4.78, 5) is 9.46. The van der Waals surface area contributed by atoms with Crippen molar-refractivity contribution in [1.82, 2.24) is 14.8 Å². The zero-order valence-electron chi connectivity index (χ0n) is 17.0. The van der Waals surface area contributed by atoms with E-state index in [-0.39, 0.29) is 6.04 Å². The van der Waals surface area contributed by atoms with Crippen LogP contribution in [0.5, 0.6) is 5.75 Å². The van der Waals surface area contributed by atoms with Gasteiger partial charge in [0.2, 0.25) is 0 Å². The molecule has 0 spiro atoms. The number of hydrogen-bond acceptors (Lipinski definition) is 4. The van der Waals surface area contributed by atoms with Crippen LogP contribution >= 0.6 is 0 Å². The molecule has 0 radical (unpaired) electrons. The standard InChI is InChI=1S/C25H22N4O/c1-17-24(18-9-4-3-5-10-18)25-27-21(20-12-6-7-13-23(20)30-2)15-22(29(25)28-17)19-11-8-14-26-16-19/h3-14,16,22H,15H2,1-2H3/t22-/m0/s1. The fraction of sp³-hybridized carbons (Fsp3) is 0.160. The number of nitrogens with zero attached hydrogens (tertiary/aromatic N) is 4. The Morgan fingerprint density at radius 2 is 1.77 bits per heavy atom. The summed E-state index contributed by atoms with van der Waals surface area (Å²) in [6.45, 7) is 2.05. The molecular weight excluding hydrogens is 372 g/mol. The summed E-state index contributed by atoms with van der Waals surface area (Å²) in [6, 6.07) is 22.5. The molecule has 2 aromatic heterocycles. The molecule has 2 aromatic carbocycles. The number of fused-ring (bicyclic) bond motifs is 1. The first-order valence-electron chi connectivity index (χ1n) is 10.0. The lowest BCUT2D eigenvalue weighted by Gasteiger charge is -2.25. The molecule has 0 N–H and O–H groups in total. The van der Waals surface area contributed by atoms with Gasteiger partial charge in [0.25, 0.3) is 0 Å². The number of ether oxygens (including phenoxy) is 1. The second-order valence-corrected chi connectivity index (χ2v) is 7.36. The van der Waals surface area contributed by atoms with E-state index in [4.69, 9.17) is 14.8 Å². The minimum atomic E-state index is 0.0160. The summed E-state index contributed by atoms with van der Waals surface area (Å²) in [5, 5.41) is 4.91. The summed E-state index contributed by atoms with van der Waals surface area (Å²) < 4.78 is 7.68. The first-order valence-corrected chi connectivity index (χ1v) is 10.0. The van der Waals surface area contributed by atoms with Gasteiger partial charge in [0.1, 0.15) is 5.75 Å². The molecule has 3 heterocycles. The highest BCUT2D eigenvalue weighted by Crippen LogP contribution is 2.42. The van der Waals surface area contributed by atoms with Crippen molar-refractivity contribution in [1.29, 1.82) is 0 Å². The Morgan fingerprint density at radius 3 is 2.53 bits per heavy atom. The Kier molecular flexibility index (Phi) is 4.64. The number of benzene rings is 2. The second kappa shape index (κ2) is 7.59. The minimum absolute atomic E-state index is 0.0160. The summed E-state index contributed by atoms with van der Waals surface area (Å²) in [7, 11) is 1.70. The van der Waals surface area contributed by atoms with Gasteiger partial charge in [0.05, 0.1) is 24.6 Å². The van der Waals surface area contributed by atoms with Crippen molar-refractivity contribution in [2.24, 2.45) is 4.99 Å². The van der Waals surface area contributed by atoms with Gasteiger partial charge in [0.15, 0.2) is 5.82 Å². The predicted octanol–water partition coefficient (Wildman–Crippen LogP) is 5.38. The van der Waals surface area contributed by atoms with E-state index >= 15 is 0 Å². The van der Waals surface area contributed by atoms with E-state index < -0.39 is 0 Å². The highest BCUT2D eigenvalue weighted by Gasteiger charge is 2.30. The van der Waals surface area contributed by atoms with Crippen LogP contribution in [0.3, 0.4) is 0 Å². The van der Waals surface area contributed by atoms with Crippen LogP contribution in [0.25, 0.3) is 11.1 Å². The number of aromatic nitrogens is 3. The van der Waals surface area contributed by atoms with Crippen molar-refractivity contribution in [3.63, 3.8) is 0 Å². The zero-order chi connectivity index (χ0) is 20.5. The zero-order valence-corrected chi connectivity index (χ0v) is 17.0. The summed E-state index contributed by atoms with van der Waals surface area (Å²) in [5.41, 5.74) is 6.27. The summed E-state index contributed by atoms with van der Waals surface area (Å²) >= 11 is 0. The van der Waals surface area contributed by atoms with Crippen LogP contribution in [0.15, 0.2) is 84.1 Å². The number of aryl methyl sites for hydroxylation is 1. The van der Waals surface area contributed by atoms with E-state index in [1.807, 2.05) is 60.3 Å². The first kappa shape index (κ1) is 18.3. The fourth-order valence-electron chi connectivity index (χ4n) is 4.13. The van der Waals surface area contributed by atoms with Crippen LogP contribution in [0.1, 0.15) is 29.3 Å². The van der Waals surface area contributed by atoms with Gasteiger partial charge >= 0.3 is 0 Å². The molecule has 1 aliphatic rings. The molecule has 5 heteroatoms. The van der Waals surface area contributed by atoms with Crippen molar-refractivity contribution in [3.05, 3.63) is 95.9 Å². The minimum Gasteiger partial charge on any atom is -0.496 e. The van der Waals surface area contributed by atoms with E-state index in [9.17, 15) is 0 Å². The van der Waals surface area contributed by atoms with Crippen molar-refractivity contribution >= 4 is 11.5 Å². The summed E-state index contributed by atoms with van der Waals surface area (Å²) in [5.74, 6) is 1.70. The fourth-order valence-corrected chi connectivity index (χ4v) is 4.13. The SMILES string of the molecule is COc1ccccc1C1=Nc2c(-c3ccccc3)c(C)nn2[C@H](c2cccnc2)C1. The number of hydrogen-bond donors (Lipinski definition) is 0. The van der Waals surface area contributed by atoms with Crippen molar-refractivity contribution in [3.8, 4) is 16.9 Å². The molecule has 30 heavy (non-hydrogen) atoms. The van der Waals surface area contributed by atoms with E-state index in [0.29, 0.717) is 6.42 Å². The molecule has 0 bridgehead atoms. The molecule has 5 rings (SSSR count). The van der Waals surface area contributed by atoms with Gasteiger partial charge in [0, 0.05) is 29.9 Å². The molecule has 1 aliphatic heterocycles. The largest absolute Gasteiger partial charge is 0.496 e. The molecule has 5 nitrogen and oxygen atoms in total. The molecular formula is C25H22N4O. The Balaban J connectivity index is 1.75. The number of methoxy groups -OCH3 is 1. The molecule has 0 amide bonds. The van der Waals surface area contributed by atoms with Gasteiger partial charge in [-0.25, -0.2) is 9.67 Å². The van der Waals surface area contributed by atoms with Gasteiger partial charge in [-0.15, -0.1) is 0 Å². The van der Waals surface area contributed by atoms with Gasteiger partial charge in [-0.2, -0.15) is 5.10 Å². The van der Waals surface area contributed by atoms with E-state index in [0.717, 1.165) is 45.2 Å². The lowest BCUT2D eigenvalue weighted by Crippen LogP contribution is -2.21. The molecule has 0 aliphatic carbocycles. The van der Waals surface area contributed by atoms with Crippen molar-refractivity contribution in [2.45, 2.75) is 19.4 Å². The molecule has 0 saturated carbocycles. The Labute approximate surface area is 175 Å². The van der Waals surface area contributed by atoms with E-state index in [1.165, 1.54) is 0 Å². The average Bonchev–Trinajstić information content (AvgIpc) is 3.15. The monoisotopic (exact) mass is 394 g/mol. The average molecular weight is 394 g/mol. The maximum Gasteiger partial charge on any atom is 0.159 e. The van der Waals surface area contributed by atoms with Crippen molar-refractivity contribution in [2.75, 3.05) is 7.11 Å². The molecule has 0 unspecified atom stereocenters. The number of para-hydroxylation sites is 1. The maximum atomic E-state index is 5.63. The quantitative estimate of drug-likeness (QED) is 0.467. The highest BCUT2D eigenvalue weighted by atomic mass is 16.5. The van der Waals surface area contributed by atoms with Gasteiger partial charge in [-0.3, -0.25) is 4.98 Å². The lowest BCUT2D eigenvalue weighted by atomic mass is 9.95. The third-order valence-corrected chi connectivity index (χ3v) is 5.53. The van der Waals surface area contributed by atoms with Gasteiger partial charge < -0.3 is 4.74 Å². The third-order valence-electron chi connectivity index (χ3n) is 5.53. The second-order valence-electron chi connectivity index (χ2n) is 7.36. The molecule has 1 atom stereocenters. The molecule has 4 aromatic rings. The molecule has 0 saturated heterocycles.